The lowest BCUT2D eigenvalue weighted by molar-refractivity contribution is -0.125. The predicted molar refractivity (Wildman–Crippen MR) is 81.6 cm³/mol. The SMILES string of the molecule is CCc1cc2cc(CNC(=O)C3(C)CC3)[nH]c2cc1C. The van der Waals surface area contributed by atoms with Gasteiger partial charge < -0.3 is 10.3 Å². The Bertz CT molecular complexity index is 665. The van der Waals surface area contributed by atoms with Gasteiger partial charge in [0.2, 0.25) is 5.91 Å². The minimum atomic E-state index is -0.0992. The van der Waals surface area contributed by atoms with Crippen molar-refractivity contribution in [1.82, 2.24) is 10.3 Å². The Morgan fingerprint density at radius 3 is 2.75 bits per heavy atom. The minimum Gasteiger partial charge on any atom is -0.357 e. The van der Waals surface area contributed by atoms with E-state index in [4.69, 9.17) is 0 Å². The molecule has 0 bridgehead atoms. The molecule has 1 aromatic carbocycles. The molecular weight excluding hydrogens is 248 g/mol. The summed E-state index contributed by atoms with van der Waals surface area (Å²) in [5.74, 6) is 0.182. The second kappa shape index (κ2) is 4.65. The van der Waals surface area contributed by atoms with Gasteiger partial charge in [0, 0.05) is 16.6 Å². The van der Waals surface area contributed by atoms with Crippen molar-refractivity contribution in [2.45, 2.75) is 46.6 Å². The molecule has 1 aromatic heterocycles. The van der Waals surface area contributed by atoms with Gasteiger partial charge in [0.1, 0.15) is 0 Å². The average molecular weight is 270 g/mol. The standard InChI is InChI=1S/C17H22N2O/c1-4-12-8-13-9-14(19-15(13)7-11(12)2)10-18-16(20)17(3)5-6-17/h7-9,19H,4-6,10H2,1-3H3,(H,18,20). The topological polar surface area (TPSA) is 44.9 Å². The molecular formula is C17H22N2O. The van der Waals surface area contributed by atoms with E-state index in [1.54, 1.807) is 0 Å². The number of aromatic amines is 1. The highest BCUT2D eigenvalue weighted by atomic mass is 16.2. The van der Waals surface area contributed by atoms with Crippen LogP contribution in [0.25, 0.3) is 10.9 Å². The van der Waals surface area contributed by atoms with Crippen LogP contribution >= 0.6 is 0 Å². The molecule has 0 spiro atoms. The highest BCUT2D eigenvalue weighted by molar-refractivity contribution is 5.85. The van der Waals surface area contributed by atoms with Crippen molar-refractivity contribution in [3.63, 3.8) is 0 Å². The zero-order chi connectivity index (χ0) is 14.3. The second-order valence-corrected chi connectivity index (χ2v) is 6.26. The zero-order valence-corrected chi connectivity index (χ0v) is 12.5. The Morgan fingerprint density at radius 2 is 2.10 bits per heavy atom. The van der Waals surface area contributed by atoms with Gasteiger partial charge in [-0.05, 0) is 60.9 Å². The van der Waals surface area contributed by atoms with Crippen LogP contribution in [0.3, 0.4) is 0 Å². The first-order chi connectivity index (χ1) is 9.51. The number of rotatable bonds is 4. The van der Waals surface area contributed by atoms with Gasteiger partial charge in [-0.25, -0.2) is 0 Å². The Labute approximate surface area is 119 Å². The number of benzene rings is 1. The van der Waals surface area contributed by atoms with Crippen LogP contribution in [0, 0.1) is 12.3 Å². The van der Waals surface area contributed by atoms with Crippen LogP contribution < -0.4 is 5.32 Å². The molecule has 1 aliphatic carbocycles. The molecule has 0 aliphatic heterocycles. The van der Waals surface area contributed by atoms with Crippen LogP contribution in [-0.2, 0) is 17.8 Å². The Morgan fingerprint density at radius 1 is 1.35 bits per heavy atom. The predicted octanol–water partition coefficient (Wildman–Crippen LogP) is 3.46. The third-order valence-corrected chi connectivity index (χ3v) is 4.50. The average Bonchev–Trinajstić information content (AvgIpc) is 3.05. The van der Waals surface area contributed by atoms with Crippen molar-refractivity contribution >= 4 is 16.8 Å². The van der Waals surface area contributed by atoms with Crippen LogP contribution in [-0.4, -0.2) is 10.9 Å². The number of amides is 1. The van der Waals surface area contributed by atoms with E-state index in [-0.39, 0.29) is 11.3 Å². The van der Waals surface area contributed by atoms with Gasteiger partial charge in [-0.1, -0.05) is 13.8 Å². The van der Waals surface area contributed by atoms with Gasteiger partial charge in [0.05, 0.1) is 6.54 Å². The van der Waals surface area contributed by atoms with Gasteiger partial charge >= 0.3 is 0 Å². The fourth-order valence-electron chi connectivity index (χ4n) is 2.68. The van der Waals surface area contributed by atoms with Crippen molar-refractivity contribution in [3.8, 4) is 0 Å². The van der Waals surface area contributed by atoms with Crippen LogP contribution in [0.1, 0.15) is 43.5 Å². The van der Waals surface area contributed by atoms with Gasteiger partial charge in [-0.15, -0.1) is 0 Å². The summed E-state index contributed by atoms with van der Waals surface area (Å²) >= 11 is 0. The summed E-state index contributed by atoms with van der Waals surface area (Å²) in [4.78, 5) is 15.3. The van der Waals surface area contributed by atoms with E-state index in [1.165, 1.54) is 16.5 Å². The van der Waals surface area contributed by atoms with Gasteiger partial charge in [-0.2, -0.15) is 0 Å². The molecule has 1 heterocycles. The van der Waals surface area contributed by atoms with Crippen LogP contribution in [0.5, 0.6) is 0 Å². The number of fused-ring (bicyclic) bond motifs is 1. The maximum atomic E-state index is 11.9. The van der Waals surface area contributed by atoms with E-state index in [0.29, 0.717) is 6.54 Å². The summed E-state index contributed by atoms with van der Waals surface area (Å²) in [6.45, 7) is 6.95. The summed E-state index contributed by atoms with van der Waals surface area (Å²) in [5.41, 5.74) is 4.84. The number of carbonyl (C=O) groups is 1. The van der Waals surface area contributed by atoms with E-state index >= 15 is 0 Å². The lowest BCUT2D eigenvalue weighted by Gasteiger charge is -2.08. The second-order valence-electron chi connectivity index (χ2n) is 6.26. The maximum absolute atomic E-state index is 11.9. The fourth-order valence-corrected chi connectivity index (χ4v) is 2.68. The van der Waals surface area contributed by atoms with Crippen molar-refractivity contribution in [1.29, 1.82) is 0 Å². The maximum Gasteiger partial charge on any atom is 0.226 e. The third-order valence-electron chi connectivity index (χ3n) is 4.50. The first-order valence-electron chi connectivity index (χ1n) is 7.41. The van der Waals surface area contributed by atoms with E-state index < -0.39 is 0 Å². The molecule has 0 radical (unpaired) electrons. The third kappa shape index (κ3) is 2.33. The summed E-state index contributed by atoms with van der Waals surface area (Å²) in [7, 11) is 0. The summed E-state index contributed by atoms with van der Waals surface area (Å²) in [6.07, 6.45) is 3.09. The largest absolute Gasteiger partial charge is 0.357 e. The molecule has 0 unspecified atom stereocenters. The highest BCUT2D eigenvalue weighted by Crippen LogP contribution is 2.45. The molecule has 0 saturated heterocycles. The van der Waals surface area contributed by atoms with E-state index in [2.05, 4.69) is 42.3 Å². The molecule has 1 aliphatic rings. The van der Waals surface area contributed by atoms with Crippen molar-refractivity contribution in [3.05, 3.63) is 35.0 Å². The van der Waals surface area contributed by atoms with E-state index in [1.807, 2.05) is 6.92 Å². The van der Waals surface area contributed by atoms with Crippen LogP contribution in [0.2, 0.25) is 0 Å². The fraction of sp³-hybridized carbons (Fsp3) is 0.471. The molecule has 1 saturated carbocycles. The lowest BCUT2D eigenvalue weighted by atomic mass is 10.0. The Hall–Kier alpha value is -1.77. The molecule has 0 atom stereocenters. The normalized spacial score (nSPS) is 16.4. The van der Waals surface area contributed by atoms with E-state index in [0.717, 1.165) is 30.5 Å². The van der Waals surface area contributed by atoms with E-state index in [9.17, 15) is 4.79 Å². The minimum absolute atomic E-state index is 0.0992. The molecule has 3 nitrogen and oxygen atoms in total. The van der Waals surface area contributed by atoms with Crippen molar-refractivity contribution < 1.29 is 4.79 Å². The first-order valence-corrected chi connectivity index (χ1v) is 7.41. The number of aryl methyl sites for hydroxylation is 2. The Kier molecular flexibility index (Phi) is 3.08. The number of nitrogens with one attached hydrogen (secondary N) is 2. The first kappa shape index (κ1) is 13.2. The molecule has 1 amide bonds. The number of aromatic nitrogens is 1. The molecule has 3 heteroatoms. The Balaban J connectivity index is 1.77. The van der Waals surface area contributed by atoms with Crippen molar-refractivity contribution in [2.24, 2.45) is 5.41 Å². The number of carbonyl (C=O) groups excluding carboxylic acids is 1. The molecule has 20 heavy (non-hydrogen) atoms. The van der Waals surface area contributed by atoms with Gasteiger partial charge in [0.15, 0.2) is 0 Å². The lowest BCUT2D eigenvalue weighted by Crippen LogP contribution is -2.29. The number of hydrogen-bond donors (Lipinski definition) is 2. The smallest absolute Gasteiger partial charge is 0.226 e. The van der Waals surface area contributed by atoms with Crippen molar-refractivity contribution in [2.75, 3.05) is 0 Å². The molecule has 1 fully saturated rings. The molecule has 2 N–H and O–H groups in total. The molecule has 3 rings (SSSR count). The zero-order valence-electron chi connectivity index (χ0n) is 12.5. The van der Waals surface area contributed by atoms with Crippen LogP contribution in [0.4, 0.5) is 0 Å². The monoisotopic (exact) mass is 270 g/mol. The number of hydrogen-bond acceptors (Lipinski definition) is 1. The van der Waals surface area contributed by atoms with Gasteiger partial charge in [0.25, 0.3) is 0 Å². The molecule has 2 aromatic rings. The summed E-state index contributed by atoms with van der Waals surface area (Å²) in [6, 6.07) is 6.58. The quantitative estimate of drug-likeness (QED) is 0.878. The van der Waals surface area contributed by atoms with Crippen LogP contribution in [0.15, 0.2) is 18.2 Å². The molecule has 106 valence electrons. The number of H-pyrrole nitrogens is 1. The summed E-state index contributed by atoms with van der Waals surface area (Å²) < 4.78 is 0. The van der Waals surface area contributed by atoms with Gasteiger partial charge in [-0.3, -0.25) is 4.79 Å². The summed E-state index contributed by atoms with van der Waals surface area (Å²) in [5, 5.41) is 4.27. The highest BCUT2D eigenvalue weighted by Gasteiger charge is 2.44.